The molecule has 7 nitrogen and oxygen atoms in total. The Morgan fingerprint density at radius 1 is 1.09 bits per heavy atom. The lowest BCUT2D eigenvalue weighted by molar-refractivity contribution is 0.101. The van der Waals surface area contributed by atoms with Gasteiger partial charge in [-0.25, -0.2) is 0 Å². The second kappa shape index (κ2) is 8.00. The second-order valence-corrected chi connectivity index (χ2v) is 8.75. The van der Waals surface area contributed by atoms with Gasteiger partial charge >= 0.3 is 0 Å². The topological polar surface area (TPSA) is 89.0 Å². The summed E-state index contributed by atoms with van der Waals surface area (Å²) in [7, 11) is 3.33. The van der Waals surface area contributed by atoms with Gasteiger partial charge in [-0.3, -0.25) is 14.3 Å². The largest absolute Gasteiger partial charge is 0.496 e. The van der Waals surface area contributed by atoms with Gasteiger partial charge in [0.15, 0.2) is 0 Å². The number of hydrogen-bond donors (Lipinski definition) is 2. The first kappa shape index (κ1) is 21.4. The van der Waals surface area contributed by atoms with Gasteiger partial charge in [0.25, 0.3) is 5.91 Å². The highest BCUT2D eigenvalue weighted by molar-refractivity contribution is 6.04. The molecular formula is C25H26N4O3. The first-order valence-corrected chi connectivity index (χ1v) is 10.3. The van der Waals surface area contributed by atoms with Crippen LogP contribution in [-0.4, -0.2) is 27.8 Å². The molecule has 0 saturated carbocycles. The predicted molar refractivity (Wildman–Crippen MR) is 126 cm³/mol. The number of ether oxygens (including phenoxy) is 1. The van der Waals surface area contributed by atoms with E-state index in [4.69, 9.17) is 4.74 Å². The standard InChI is InChI=1S/C25H26N4O3/c1-25(2,3)18-13-23(30)27-19-12-15(10-11-16(18)19)26-24(31)21-14-20(28-29(21)4)17-8-6-7-9-22(17)32-5/h6-14H,1-5H3,(H,26,31)(H,27,30). The summed E-state index contributed by atoms with van der Waals surface area (Å²) in [4.78, 5) is 28.0. The lowest BCUT2D eigenvalue weighted by atomic mass is 9.85. The molecule has 2 aromatic carbocycles. The number of amides is 1. The molecule has 4 rings (SSSR count). The van der Waals surface area contributed by atoms with E-state index in [-0.39, 0.29) is 16.9 Å². The molecule has 0 aliphatic carbocycles. The average molecular weight is 431 g/mol. The number of anilines is 1. The number of fused-ring (bicyclic) bond motifs is 1. The van der Waals surface area contributed by atoms with Crippen molar-refractivity contribution in [2.45, 2.75) is 26.2 Å². The van der Waals surface area contributed by atoms with Crippen molar-refractivity contribution in [3.05, 3.63) is 76.2 Å². The molecule has 0 fully saturated rings. The number of para-hydroxylation sites is 1. The molecule has 0 aliphatic heterocycles. The smallest absolute Gasteiger partial charge is 0.273 e. The summed E-state index contributed by atoms with van der Waals surface area (Å²) in [6.07, 6.45) is 0. The zero-order valence-corrected chi connectivity index (χ0v) is 18.8. The van der Waals surface area contributed by atoms with Crippen LogP contribution in [0.1, 0.15) is 36.8 Å². The van der Waals surface area contributed by atoms with E-state index in [1.807, 2.05) is 36.4 Å². The molecule has 0 spiro atoms. The summed E-state index contributed by atoms with van der Waals surface area (Å²) >= 11 is 0. The highest BCUT2D eigenvalue weighted by atomic mass is 16.5. The molecule has 2 heterocycles. The van der Waals surface area contributed by atoms with Crippen molar-refractivity contribution < 1.29 is 9.53 Å². The second-order valence-electron chi connectivity index (χ2n) is 8.75. The fourth-order valence-corrected chi connectivity index (χ4v) is 3.82. The van der Waals surface area contributed by atoms with E-state index in [9.17, 15) is 9.59 Å². The van der Waals surface area contributed by atoms with Crippen LogP contribution >= 0.6 is 0 Å². The molecule has 0 bridgehead atoms. The van der Waals surface area contributed by atoms with Crippen molar-refractivity contribution in [2.24, 2.45) is 7.05 Å². The van der Waals surface area contributed by atoms with Crippen molar-refractivity contribution in [3.8, 4) is 17.0 Å². The van der Waals surface area contributed by atoms with Crippen molar-refractivity contribution in [1.82, 2.24) is 14.8 Å². The van der Waals surface area contributed by atoms with E-state index in [1.54, 1.807) is 32.4 Å². The molecule has 7 heteroatoms. The Labute approximate surface area is 186 Å². The fourth-order valence-electron chi connectivity index (χ4n) is 3.82. The third-order valence-electron chi connectivity index (χ3n) is 5.40. The number of hydrogen-bond acceptors (Lipinski definition) is 4. The molecule has 0 atom stereocenters. The minimum absolute atomic E-state index is 0.168. The molecule has 0 aliphatic rings. The lowest BCUT2D eigenvalue weighted by Crippen LogP contribution is -2.18. The van der Waals surface area contributed by atoms with Gasteiger partial charge in [-0.2, -0.15) is 5.10 Å². The number of rotatable bonds is 4. The number of aromatic amines is 1. The van der Waals surface area contributed by atoms with Crippen molar-refractivity contribution in [1.29, 1.82) is 0 Å². The number of benzene rings is 2. The van der Waals surface area contributed by atoms with Gasteiger partial charge in [-0.15, -0.1) is 0 Å². The third-order valence-corrected chi connectivity index (χ3v) is 5.40. The molecule has 1 amide bonds. The van der Waals surface area contributed by atoms with E-state index < -0.39 is 0 Å². The Hall–Kier alpha value is -3.87. The molecule has 0 unspecified atom stereocenters. The summed E-state index contributed by atoms with van der Waals surface area (Å²) in [6.45, 7) is 6.20. The summed E-state index contributed by atoms with van der Waals surface area (Å²) in [5.74, 6) is 0.389. The van der Waals surface area contributed by atoms with Crippen LogP contribution in [0.4, 0.5) is 5.69 Å². The van der Waals surface area contributed by atoms with Gasteiger partial charge < -0.3 is 15.0 Å². The van der Waals surface area contributed by atoms with Gasteiger partial charge in [-0.1, -0.05) is 39.0 Å². The van der Waals surface area contributed by atoms with Gasteiger partial charge in [-0.05, 0) is 41.3 Å². The van der Waals surface area contributed by atoms with Crippen LogP contribution in [0, 0.1) is 0 Å². The molecule has 0 radical (unpaired) electrons. The summed E-state index contributed by atoms with van der Waals surface area (Å²) in [5, 5.41) is 8.34. The Morgan fingerprint density at radius 3 is 2.56 bits per heavy atom. The monoisotopic (exact) mass is 430 g/mol. The summed E-state index contributed by atoms with van der Waals surface area (Å²) < 4.78 is 6.95. The number of H-pyrrole nitrogens is 1. The molecule has 32 heavy (non-hydrogen) atoms. The SMILES string of the molecule is COc1ccccc1-c1cc(C(=O)Nc2ccc3c(C(C)(C)C)cc(=O)[nH]c3c2)n(C)n1. The number of pyridine rings is 1. The highest BCUT2D eigenvalue weighted by Crippen LogP contribution is 2.30. The first-order valence-electron chi connectivity index (χ1n) is 10.3. The summed E-state index contributed by atoms with van der Waals surface area (Å²) in [6, 6.07) is 16.4. The minimum atomic E-state index is -0.296. The molecule has 2 aromatic heterocycles. The number of aromatic nitrogens is 3. The van der Waals surface area contributed by atoms with Crippen LogP contribution in [0.5, 0.6) is 5.75 Å². The number of methoxy groups -OCH3 is 1. The quantitative estimate of drug-likeness (QED) is 0.499. The van der Waals surface area contributed by atoms with Crippen LogP contribution in [-0.2, 0) is 12.5 Å². The maximum Gasteiger partial charge on any atom is 0.273 e. The first-order chi connectivity index (χ1) is 15.2. The molecular weight excluding hydrogens is 404 g/mol. The minimum Gasteiger partial charge on any atom is -0.496 e. The zero-order valence-electron chi connectivity index (χ0n) is 18.8. The van der Waals surface area contributed by atoms with E-state index >= 15 is 0 Å². The maximum atomic E-state index is 13.0. The van der Waals surface area contributed by atoms with E-state index in [0.29, 0.717) is 28.3 Å². The van der Waals surface area contributed by atoms with Gasteiger partial charge in [0.2, 0.25) is 5.56 Å². The van der Waals surface area contributed by atoms with Crippen molar-refractivity contribution in [2.75, 3.05) is 12.4 Å². The number of nitrogens with one attached hydrogen (secondary N) is 2. The van der Waals surface area contributed by atoms with Crippen LogP contribution in [0.25, 0.3) is 22.2 Å². The Balaban J connectivity index is 1.66. The molecule has 4 aromatic rings. The normalized spacial score (nSPS) is 11.5. The molecule has 164 valence electrons. The Morgan fingerprint density at radius 2 is 1.84 bits per heavy atom. The number of nitrogens with zero attached hydrogens (tertiary/aromatic N) is 2. The van der Waals surface area contributed by atoms with Crippen LogP contribution in [0.15, 0.2) is 59.4 Å². The Bertz CT molecular complexity index is 1380. The fraction of sp³-hybridized carbons (Fsp3) is 0.240. The van der Waals surface area contributed by atoms with Crippen LogP contribution < -0.4 is 15.6 Å². The third kappa shape index (κ3) is 4.01. The van der Waals surface area contributed by atoms with E-state index in [0.717, 1.165) is 16.5 Å². The van der Waals surface area contributed by atoms with Crippen molar-refractivity contribution >= 4 is 22.5 Å². The molecule has 0 saturated heterocycles. The highest BCUT2D eigenvalue weighted by Gasteiger charge is 2.19. The predicted octanol–water partition coefficient (Wildman–Crippen LogP) is 4.49. The average Bonchev–Trinajstić information content (AvgIpc) is 3.13. The van der Waals surface area contributed by atoms with Crippen LogP contribution in [0.2, 0.25) is 0 Å². The van der Waals surface area contributed by atoms with E-state index in [1.165, 1.54) is 4.68 Å². The van der Waals surface area contributed by atoms with Crippen LogP contribution in [0.3, 0.4) is 0 Å². The number of carbonyl (C=O) groups excluding carboxylic acids is 1. The maximum absolute atomic E-state index is 13.0. The van der Waals surface area contributed by atoms with Gasteiger partial charge in [0, 0.05) is 29.8 Å². The Kier molecular flexibility index (Phi) is 5.34. The zero-order chi connectivity index (χ0) is 23.0. The number of carbonyl (C=O) groups is 1. The lowest BCUT2D eigenvalue weighted by Gasteiger charge is -2.21. The summed E-state index contributed by atoms with van der Waals surface area (Å²) in [5.41, 5.74) is 3.74. The van der Waals surface area contributed by atoms with Crippen molar-refractivity contribution in [3.63, 3.8) is 0 Å². The molecule has 2 N–H and O–H groups in total. The van der Waals surface area contributed by atoms with Gasteiger partial charge in [0.1, 0.15) is 11.4 Å². The van der Waals surface area contributed by atoms with E-state index in [2.05, 4.69) is 36.2 Å². The number of aryl methyl sites for hydroxylation is 1. The van der Waals surface area contributed by atoms with Gasteiger partial charge in [0.05, 0.1) is 18.3 Å².